The van der Waals surface area contributed by atoms with Crippen molar-refractivity contribution in [3.63, 3.8) is 0 Å². The number of carbonyl (C=O) groups is 2. The van der Waals surface area contributed by atoms with Gasteiger partial charge in [0, 0.05) is 13.0 Å². The van der Waals surface area contributed by atoms with Gasteiger partial charge in [-0.3, -0.25) is 9.59 Å². The zero-order chi connectivity index (χ0) is 15.7. The van der Waals surface area contributed by atoms with Gasteiger partial charge in [-0.25, -0.2) is 0 Å². The maximum atomic E-state index is 11.9. The van der Waals surface area contributed by atoms with E-state index in [9.17, 15) is 9.59 Å². The third-order valence-corrected chi connectivity index (χ3v) is 3.62. The number of carbonyl (C=O) groups excluding carboxylic acids is 1. The lowest BCUT2D eigenvalue weighted by Gasteiger charge is -2.10. The zero-order valence-electron chi connectivity index (χ0n) is 12.9. The van der Waals surface area contributed by atoms with E-state index >= 15 is 0 Å². The van der Waals surface area contributed by atoms with Crippen molar-refractivity contribution in [2.24, 2.45) is 0 Å². The van der Waals surface area contributed by atoms with Crippen LogP contribution in [0.15, 0.2) is 18.2 Å². The molecule has 0 radical (unpaired) electrons. The van der Waals surface area contributed by atoms with E-state index in [0.717, 1.165) is 36.0 Å². The van der Waals surface area contributed by atoms with E-state index in [1.165, 1.54) is 0 Å². The molecule has 4 nitrogen and oxygen atoms in total. The molecule has 1 rings (SSSR count). The molecule has 0 aliphatic heterocycles. The molecule has 0 atom stereocenters. The predicted octanol–water partition coefficient (Wildman–Crippen LogP) is 3.00. The monoisotopic (exact) mass is 291 g/mol. The Labute approximate surface area is 126 Å². The minimum absolute atomic E-state index is 0.0536. The average Bonchev–Trinajstić information content (AvgIpc) is 2.41. The summed E-state index contributed by atoms with van der Waals surface area (Å²) in [5.74, 6) is -0.685. The third-order valence-electron chi connectivity index (χ3n) is 3.62. The summed E-state index contributed by atoms with van der Waals surface area (Å²) >= 11 is 0. The van der Waals surface area contributed by atoms with Gasteiger partial charge in [0.25, 0.3) is 0 Å². The molecule has 116 valence electrons. The summed E-state index contributed by atoms with van der Waals surface area (Å²) in [6.45, 7) is 4.72. The highest BCUT2D eigenvalue weighted by molar-refractivity contribution is 5.79. The maximum absolute atomic E-state index is 11.9. The molecular weight excluding hydrogens is 266 g/mol. The van der Waals surface area contributed by atoms with Gasteiger partial charge >= 0.3 is 5.97 Å². The quantitative estimate of drug-likeness (QED) is 0.687. The smallest absolute Gasteiger partial charge is 0.303 e. The fraction of sp³-hybridized carbons (Fsp3) is 0.529. The fourth-order valence-corrected chi connectivity index (χ4v) is 2.33. The van der Waals surface area contributed by atoms with Crippen LogP contribution in [-0.2, 0) is 16.0 Å². The first-order valence-corrected chi connectivity index (χ1v) is 7.54. The fourth-order valence-electron chi connectivity index (χ4n) is 2.33. The molecule has 0 saturated heterocycles. The Balaban J connectivity index is 2.19. The Morgan fingerprint density at radius 1 is 1.05 bits per heavy atom. The van der Waals surface area contributed by atoms with Crippen LogP contribution in [0.5, 0.6) is 0 Å². The summed E-state index contributed by atoms with van der Waals surface area (Å²) in [5, 5.41) is 11.4. The summed E-state index contributed by atoms with van der Waals surface area (Å²) in [6.07, 6.45) is 4.14. The molecule has 2 N–H and O–H groups in total. The van der Waals surface area contributed by atoms with E-state index < -0.39 is 5.97 Å². The SMILES string of the molecule is Cc1cccc(C)c1CC(=O)NCCCCCCC(=O)O. The number of benzene rings is 1. The number of carboxylic acids is 1. The maximum Gasteiger partial charge on any atom is 0.303 e. The van der Waals surface area contributed by atoms with Gasteiger partial charge in [0.1, 0.15) is 0 Å². The van der Waals surface area contributed by atoms with Crippen LogP contribution >= 0.6 is 0 Å². The average molecular weight is 291 g/mol. The Morgan fingerprint density at radius 3 is 2.29 bits per heavy atom. The number of aryl methyl sites for hydroxylation is 2. The van der Waals surface area contributed by atoms with Crippen LogP contribution in [0.3, 0.4) is 0 Å². The first kappa shape index (κ1) is 17.2. The van der Waals surface area contributed by atoms with Crippen LogP contribution in [0, 0.1) is 13.8 Å². The molecule has 1 aromatic rings. The van der Waals surface area contributed by atoms with Crippen LogP contribution in [-0.4, -0.2) is 23.5 Å². The number of carboxylic acid groups (broad SMARTS) is 1. The van der Waals surface area contributed by atoms with Gasteiger partial charge in [0.2, 0.25) is 5.91 Å². The second-order valence-corrected chi connectivity index (χ2v) is 5.46. The standard InChI is InChI=1S/C17H25NO3/c1-13-8-7-9-14(2)15(13)12-16(19)18-11-6-4-3-5-10-17(20)21/h7-9H,3-6,10-12H2,1-2H3,(H,18,19)(H,20,21). The molecule has 1 aromatic carbocycles. The van der Waals surface area contributed by atoms with E-state index in [-0.39, 0.29) is 12.3 Å². The van der Waals surface area contributed by atoms with Gasteiger partial charge in [0.15, 0.2) is 0 Å². The number of hydrogen-bond donors (Lipinski definition) is 2. The molecule has 1 amide bonds. The van der Waals surface area contributed by atoms with Crippen LogP contribution in [0.25, 0.3) is 0 Å². The predicted molar refractivity (Wildman–Crippen MR) is 83.4 cm³/mol. The normalized spacial score (nSPS) is 10.4. The molecule has 21 heavy (non-hydrogen) atoms. The second kappa shape index (κ2) is 9.16. The van der Waals surface area contributed by atoms with Gasteiger partial charge < -0.3 is 10.4 Å². The Kier molecular flexibility index (Phi) is 7.51. The molecular formula is C17H25NO3. The number of hydrogen-bond acceptors (Lipinski definition) is 2. The van der Waals surface area contributed by atoms with Crippen LogP contribution in [0.1, 0.15) is 48.8 Å². The lowest BCUT2D eigenvalue weighted by molar-refractivity contribution is -0.137. The van der Waals surface area contributed by atoms with Crippen LogP contribution in [0.2, 0.25) is 0 Å². The van der Waals surface area contributed by atoms with Crippen molar-refractivity contribution >= 4 is 11.9 Å². The van der Waals surface area contributed by atoms with Crippen molar-refractivity contribution in [1.29, 1.82) is 0 Å². The number of amides is 1. The number of rotatable bonds is 9. The summed E-state index contributed by atoms with van der Waals surface area (Å²) in [6, 6.07) is 6.05. The van der Waals surface area contributed by atoms with Crippen LogP contribution < -0.4 is 5.32 Å². The zero-order valence-corrected chi connectivity index (χ0v) is 12.9. The molecule has 0 saturated carbocycles. The Bertz CT molecular complexity index is 463. The minimum Gasteiger partial charge on any atom is -0.481 e. The van der Waals surface area contributed by atoms with E-state index in [0.29, 0.717) is 19.4 Å². The number of aliphatic carboxylic acids is 1. The van der Waals surface area contributed by atoms with E-state index in [4.69, 9.17) is 5.11 Å². The van der Waals surface area contributed by atoms with Crippen molar-refractivity contribution in [2.75, 3.05) is 6.54 Å². The van der Waals surface area contributed by atoms with Crippen molar-refractivity contribution in [2.45, 2.75) is 52.4 Å². The third kappa shape index (κ3) is 6.93. The largest absolute Gasteiger partial charge is 0.481 e. The highest BCUT2D eigenvalue weighted by atomic mass is 16.4. The lowest BCUT2D eigenvalue weighted by atomic mass is 10.00. The second-order valence-electron chi connectivity index (χ2n) is 5.46. The molecule has 0 spiro atoms. The lowest BCUT2D eigenvalue weighted by Crippen LogP contribution is -2.26. The highest BCUT2D eigenvalue weighted by Gasteiger charge is 2.07. The first-order valence-electron chi connectivity index (χ1n) is 7.54. The van der Waals surface area contributed by atoms with Crippen LogP contribution in [0.4, 0.5) is 0 Å². The van der Waals surface area contributed by atoms with Crippen molar-refractivity contribution in [3.8, 4) is 0 Å². The summed E-state index contributed by atoms with van der Waals surface area (Å²) in [4.78, 5) is 22.3. The minimum atomic E-state index is -0.739. The van der Waals surface area contributed by atoms with Gasteiger partial charge in [-0.1, -0.05) is 31.0 Å². The highest BCUT2D eigenvalue weighted by Crippen LogP contribution is 2.13. The van der Waals surface area contributed by atoms with Gasteiger partial charge in [-0.15, -0.1) is 0 Å². The van der Waals surface area contributed by atoms with Gasteiger partial charge in [-0.05, 0) is 43.4 Å². The Hall–Kier alpha value is -1.84. The summed E-state index contributed by atoms with van der Waals surface area (Å²) in [5.41, 5.74) is 3.41. The number of unbranched alkanes of at least 4 members (excludes halogenated alkanes) is 3. The topological polar surface area (TPSA) is 66.4 Å². The van der Waals surface area contributed by atoms with Crippen molar-refractivity contribution in [1.82, 2.24) is 5.32 Å². The van der Waals surface area contributed by atoms with Gasteiger partial charge in [-0.2, -0.15) is 0 Å². The van der Waals surface area contributed by atoms with E-state index in [1.807, 2.05) is 32.0 Å². The van der Waals surface area contributed by atoms with E-state index in [2.05, 4.69) is 5.32 Å². The molecule has 0 aliphatic rings. The van der Waals surface area contributed by atoms with Crippen molar-refractivity contribution in [3.05, 3.63) is 34.9 Å². The Morgan fingerprint density at radius 2 is 1.67 bits per heavy atom. The molecule has 4 heteroatoms. The molecule has 0 heterocycles. The molecule has 0 fully saturated rings. The van der Waals surface area contributed by atoms with Crippen molar-refractivity contribution < 1.29 is 14.7 Å². The number of nitrogens with one attached hydrogen (secondary N) is 1. The molecule has 0 aromatic heterocycles. The molecule has 0 unspecified atom stereocenters. The summed E-state index contributed by atoms with van der Waals surface area (Å²) < 4.78 is 0. The first-order chi connectivity index (χ1) is 10.0. The molecule has 0 aliphatic carbocycles. The molecule has 0 bridgehead atoms. The van der Waals surface area contributed by atoms with E-state index in [1.54, 1.807) is 0 Å². The van der Waals surface area contributed by atoms with Gasteiger partial charge in [0.05, 0.1) is 6.42 Å². The summed E-state index contributed by atoms with van der Waals surface area (Å²) in [7, 11) is 0.